The van der Waals surface area contributed by atoms with E-state index < -0.39 is 17.2 Å². The molecule has 1 saturated heterocycles. The Labute approximate surface area is 249 Å². The van der Waals surface area contributed by atoms with Gasteiger partial charge in [-0.3, -0.25) is 9.59 Å². The van der Waals surface area contributed by atoms with E-state index in [1.165, 1.54) is 29.1 Å². The van der Waals surface area contributed by atoms with E-state index in [4.69, 9.17) is 9.02 Å². The van der Waals surface area contributed by atoms with Crippen LogP contribution < -0.4 is 5.48 Å². The highest BCUT2D eigenvalue weighted by Crippen LogP contribution is 2.46. The van der Waals surface area contributed by atoms with Crippen molar-refractivity contribution in [2.75, 3.05) is 40.4 Å². The molecule has 10 heteroatoms. The summed E-state index contributed by atoms with van der Waals surface area (Å²) in [5.74, 6) is -0.0546. The summed E-state index contributed by atoms with van der Waals surface area (Å²) in [6.45, 7) is 2.85. The van der Waals surface area contributed by atoms with Crippen molar-refractivity contribution >= 4 is 40.1 Å². The first-order valence-electron chi connectivity index (χ1n) is 14.8. The molecule has 9 nitrogen and oxygen atoms in total. The molecule has 1 N–H and O–H groups in total. The first-order valence-corrected chi connectivity index (χ1v) is 15.9. The molecule has 1 saturated carbocycles. The molecule has 1 unspecified atom stereocenters. The maximum atomic E-state index is 14.0. The van der Waals surface area contributed by atoms with Gasteiger partial charge in [-0.05, 0) is 54.5 Å². The minimum Gasteiger partial charge on any atom is -0.380 e. The highest BCUT2D eigenvalue weighted by Gasteiger charge is 2.31. The van der Waals surface area contributed by atoms with Crippen LogP contribution in [0.3, 0.4) is 0 Å². The van der Waals surface area contributed by atoms with Crippen LogP contribution in [0, 0.1) is 0 Å². The molecule has 1 atom stereocenters. The molecule has 2 fully saturated rings. The van der Waals surface area contributed by atoms with Gasteiger partial charge in [-0.15, -0.1) is 0 Å². The Kier molecular flexibility index (Phi) is 8.57. The van der Waals surface area contributed by atoms with E-state index in [0.717, 1.165) is 52.6 Å². The minimum atomic E-state index is -1.80. The van der Waals surface area contributed by atoms with Crippen molar-refractivity contribution in [3.05, 3.63) is 64.7 Å². The summed E-state index contributed by atoms with van der Waals surface area (Å²) in [6, 6.07) is 14.0. The van der Waals surface area contributed by atoms with E-state index in [0.29, 0.717) is 44.3 Å². The SMILES string of the molecule is CN(C)S(=O)ONC(=O)c1ccc2c(C3CCCCC3)c3n(c2c1)CC(C(=O)N1CCCOCC1)=Cc1ccccc1-3. The molecule has 1 aromatic heterocycles. The van der Waals surface area contributed by atoms with Gasteiger partial charge in [0.25, 0.3) is 23.1 Å². The number of hydrogen-bond acceptors (Lipinski definition) is 5. The van der Waals surface area contributed by atoms with Gasteiger partial charge in [0.1, 0.15) is 0 Å². The summed E-state index contributed by atoms with van der Waals surface area (Å²) >= 11 is -1.80. The Morgan fingerprint density at radius 2 is 1.83 bits per heavy atom. The third-order valence-electron chi connectivity index (χ3n) is 8.54. The van der Waals surface area contributed by atoms with E-state index in [-0.39, 0.29) is 5.91 Å². The van der Waals surface area contributed by atoms with Crippen molar-refractivity contribution < 1.29 is 22.8 Å². The van der Waals surface area contributed by atoms with Crippen LogP contribution in [0.4, 0.5) is 0 Å². The highest BCUT2D eigenvalue weighted by molar-refractivity contribution is 7.77. The predicted octanol–water partition coefficient (Wildman–Crippen LogP) is 4.80. The number of nitrogens with zero attached hydrogens (tertiary/aromatic N) is 3. The van der Waals surface area contributed by atoms with Gasteiger partial charge in [0.05, 0.1) is 18.8 Å². The summed E-state index contributed by atoms with van der Waals surface area (Å²) in [4.78, 5) is 29.0. The lowest BCUT2D eigenvalue weighted by atomic mass is 9.81. The van der Waals surface area contributed by atoms with Gasteiger partial charge in [-0.1, -0.05) is 49.6 Å². The van der Waals surface area contributed by atoms with Gasteiger partial charge in [0.2, 0.25) is 0 Å². The number of hydrogen-bond donors (Lipinski definition) is 1. The van der Waals surface area contributed by atoms with Crippen LogP contribution in [0.2, 0.25) is 0 Å². The molecule has 3 aromatic rings. The molecule has 3 aliphatic rings. The Morgan fingerprint density at radius 1 is 1.02 bits per heavy atom. The number of carbonyl (C=O) groups is 2. The number of hydroxylamine groups is 1. The normalized spacial score (nSPS) is 18.5. The first-order chi connectivity index (χ1) is 20.4. The van der Waals surface area contributed by atoms with Gasteiger partial charge in [-0.25, -0.2) is 14.0 Å². The molecule has 6 rings (SSSR count). The average Bonchev–Trinajstić information content (AvgIpc) is 3.18. The molecule has 2 amide bonds. The predicted molar refractivity (Wildman–Crippen MR) is 164 cm³/mol. The van der Waals surface area contributed by atoms with Crippen molar-refractivity contribution in [2.24, 2.45) is 0 Å². The summed E-state index contributed by atoms with van der Waals surface area (Å²) in [5.41, 5.74) is 8.91. The molecule has 222 valence electrons. The van der Waals surface area contributed by atoms with Gasteiger partial charge in [-0.2, -0.15) is 4.28 Å². The van der Waals surface area contributed by atoms with Gasteiger partial charge < -0.3 is 14.2 Å². The minimum absolute atomic E-state index is 0.0256. The van der Waals surface area contributed by atoms with E-state index in [2.05, 4.69) is 28.2 Å². The lowest BCUT2D eigenvalue weighted by Gasteiger charge is -2.24. The monoisotopic (exact) mass is 590 g/mol. The van der Waals surface area contributed by atoms with Crippen LogP contribution in [0.5, 0.6) is 0 Å². The molecular formula is C32H38N4O5S. The molecular weight excluding hydrogens is 552 g/mol. The lowest BCUT2D eigenvalue weighted by Crippen LogP contribution is -2.35. The second-order valence-corrected chi connectivity index (χ2v) is 12.8. The van der Waals surface area contributed by atoms with Crippen molar-refractivity contribution in [1.29, 1.82) is 0 Å². The maximum Gasteiger partial charge on any atom is 0.276 e. The topological polar surface area (TPSA) is 93.1 Å². The molecule has 0 radical (unpaired) electrons. The number of benzene rings is 2. The highest BCUT2D eigenvalue weighted by atomic mass is 32.2. The van der Waals surface area contributed by atoms with E-state index in [1.807, 2.05) is 29.2 Å². The number of ether oxygens (including phenoxy) is 1. The van der Waals surface area contributed by atoms with Crippen LogP contribution in [-0.4, -0.2) is 70.2 Å². The second-order valence-electron chi connectivity index (χ2n) is 11.5. The lowest BCUT2D eigenvalue weighted by molar-refractivity contribution is -0.127. The second kappa shape index (κ2) is 12.5. The van der Waals surface area contributed by atoms with Crippen LogP contribution in [-0.2, 0) is 31.6 Å². The van der Waals surface area contributed by atoms with Crippen LogP contribution in [0.1, 0.15) is 65.9 Å². The van der Waals surface area contributed by atoms with Crippen molar-refractivity contribution in [3.63, 3.8) is 0 Å². The number of fused-ring (bicyclic) bond motifs is 5. The summed E-state index contributed by atoms with van der Waals surface area (Å²) < 4.78 is 26.3. The molecule has 0 spiro atoms. The molecule has 2 aromatic carbocycles. The zero-order valence-electron chi connectivity index (χ0n) is 24.3. The zero-order valence-corrected chi connectivity index (χ0v) is 25.1. The summed E-state index contributed by atoms with van der Waals surface area (Å²) in [7, 11) is 3.19. The Balaban J connectivity index is 1.48. The van der Waals surface area contributed by atoms with Crippen molar-refractivity contribution in [3.8, 4) is 11.3 Å². The van der Waals surface area contributed by atoms with Crippen LogP contribution >= 0.6 is 0 Å². The van der Waals surface area contributed by atoms with Crippen LogP contribution in [0.15, 0.2) is 48.0 Å². The molecule has 3 heterocycles. The quantitative estimate of drug-likeness (QED) is 0.417. The van der Waals surface area contributed by atoms with E-state index in [1.54, 1.807) is 20.2 Å². The van der Waals surface area contributed by atoms with Gasteiger partial charge in [0, 0.05) is 61.4 Å². The van der Waals surface area contributed by atoms with Crippen molar-refractivity contribution in [1.82, 2.24) is 19.3 Å². The first kappa shape index (κ1) is 28.8. The number of amides is 2. The maximum absolute atomic E-state index is 14.0. The van der Waals surface area contributed by atoms with E-state index in [9.17, 15) is 13.8 Å². The number of aromatic nitrogens is 1. The van der Waals surface area contributed by atoms with Gasteiger partial charge >= 0.3 is 0 Å². The number of nitrogens with one attached hydrogen (secondary N) is 1. The molecule has 0 bridgehead atoms. The standard InChI is InChI=1S/C32H38N4O5S/c1-34(2)42(39)41-33-31(37)24-13-14-27-28(20-24)36-21-25(32(38)35-15-8-17-40-18-16-35)19-23-11-6-7-12-26(23)30(36)29(27)22-9-4-3-5-10-22/h6-7,11-14,19-20,22H,3-5,8-10,15-18,21H2,1-2H3,(H,33,37). The zero-order chi connectivity index (χ0) is 29.2. The number of carbonyl (C=O) groups excluding carboxylic acids is 2. The fourth-order valence-electron chi connectivity index (χ4n) is 6.51. The largest absolute Gasteiger partial charge is 0.380 e. The smallest absolute Gasteiger partial charge is 0.276 e. The Morgan fingerprint density at radius 3 is 2.64 bits per heavy atom. The van der Waals surface area contributed by atoms with E-state index >= 15 is 0 Å². The molecule has 2 aliphatic heterocycles. The third-order valence-corrected chi connectivity index (χ3v) is 9.36. The third kappa shape index (κ3) is 5.68. The Bertz CT molecular complexity index is 1550. The fraction of sp³-hybridized carbons (Fsp3) is 0.438. The van der Waals surface area contributed by atoms with Gasteiger partial charge in [0.15, 0.2) is 0 Å². The summed E-state index contributed by atoms with van der Waals surface area (Å²) in [6.07, 6.45) is 8.74. The molecule has 42 heavy (non-hydrogen) atoms. The average molecular weight is 591 g/mol. The van der Waals surface area contributed by atoms with Crippen molar-refractivity contribution in [2.45, 2.75) is 51.0 Å². The Hall–Kier alpha value is -3.31. The summed E-state index contributed by atoms with van der Waals surface area (Å²) in [5, 5.41) is 1.11. The number of rotatable bonds is 6. The van der Waals surface area contributed by atoms with Crippen LogP contribution in [0.25, 0.3) is 28.2 Å². The fourth-order valence-corrected chi connectivity index (χ4v) is 6.80. The molecule has 1 aliphatic carbocycles.